The highest BCUT2D eigenvalue weighted by molar-refractivity contribution is 5.94. The third kappa shape index (κ3) is 5.39. The van der Waals surface area contributed by atoms with Crippen molar-refractivity contribution in [2.24, 2.45) is 0 Å². The highest BCUT2D eigenvalue weighted by atomic mass is 16.2. The molecule has 0 radical (unpaired) electrons. The number of rotatable bonds is 6. The number of nitrogens with one attached hydrogen (secondary N) is 1. The first kappa shape index (κ1) is 22.5. The van der Waals surface area contributed by atoms with Crippen molar-refractivity contribution < 1.29 is 9.59 Å². The first-order valence-corrected chi connectivity index (χ1v) is 11.3. The Labute approximate surface area is 193 Å². The van der Waals surface area contributed by atoms with Gasteiger partial charge < -0.3 is 16.0 Å². The van der Waals surface area contributed by atoms with Crippen LogP contribution in [-0.4, -0.2) is 44.6 Å². The molecular weight excluding hydrogens is 416 g/mol. The van der Waals surface area contributed by atoms with Crippen molar-refractivity contribution in [1.82, 2.24) is 25.0 Å². The van der Waals surface area contributed by atoms with Gasteiger partial charge in [-0.05, 0) is 68.0 Å². The Hall–Kier alpha value is -3.68. The zero-order chi connectivity index (χ0) is 23.4. The summed E-state index contributed by atoms with van der Waals surface area (Å²) in [6, 6.07) is 9.44. The summed E-state index contributed by atoms with van der Waals surface area (Å²) in [7, 11) is 0. The summed E-state index contributed by atoms with van der Waals surface area (Å²) in [6.07, 6.45) is 6.60. The first-order chi connectivity index (χ1) is 15.9. The SMILES string of the molecule is Cc1cc(N)nc(C)c1CNC(=O)c1cnn(Cc2cccc(C(=O)N3CCCCC3)c2)c1. The van der Waals surface area contributed by atoms with E-state index in [2.05, 4.69) is 15.4 Å². The third-order valence-electron chi connectivity index (χ3n) is 6.06. The lowest BCUT2D eigenvalue weighted by atomic mass is 10.1. The van der Waals surface area contributed by atoms with Crippen molar-refractivity contribution in [3.05, 3.63) is 76.2 Å². The van der Waals surface area contributed by atoms with Gasteiger partial charge in [0.25, 0.3) is 11.8 Å². The van der Waals surface area contributed by atoms with E-state index in [1.165, 1.54) is 6.42 Å². The summed E-state index contributed by atoms with van der Waals surface area (Å²) in [4.78, 5) is 31.6. The molecule has 1 saturated heterocycles. The van der Waals surface area contributed by atoms with Crippen LogP contribution in [-0.2, 0) is 13.1 Å². The number of pyridine rings is 1. The molecule has 1 fully saturated rings. The third-order valence-corrected chi connectivity index (χ3v) is 6.06. The number of carbonyl (C=O) groups excluding carboxylic acids is 2. The summed E-state index contributed by atoms with van der Waals surface area (Å²) in [6.45, 7) is 6.34. The quantitative estimate of drug-likeness (QED) is 0.605. The molecule has 3 aromatic rings. The minimum Gasteiger partial charge on any atom is -0.384 e. The van der Waals surface area contributed by atoms with Gasteiger partial charge in [-0.2, -0.15) is 5.10 Å². The van der Waals surface area contributed by atoms with Crippen molar-refractivity contribution in [1.29, 1.82) is 0 Å². The molecule has 1 aliphatic rings. The minimum atomic E-state index is -0.203. The Morgan fingerprint density at radius 2 is 1.88 bits per heavy atom. The van der Waals surface area contributed by atoms with E-state index in [1.54, 1.807) is 23.1 Å². The summed E-state index contributed by atoms with van der Waals surface area (Å²) in [5.74, 6) is 0.355. The van der Waals surface area contributed by atoms with E-state index in [-0.39, 0.29) is 11.8 Å². The molecule has 1 aliphatic heterocycles. The predicted molar refractivity (Wildman–Crippen MR) is 127 cm³/mol. The molecule has 33 heavy (non-hydrogen) atoms. The van der Waals surface area contributed by atoms with E-state index >= 15 is 0 Å². The van der Waals surface area contributed by atoms with Gasteiger partial charge in [0, 0.05) is 37.1 Å². The number of piperidine rings is 1. The maximum absolute atomic E-state index is 12.8. The van der Waals surface area contributed by atoms with Crippen molar-refractivity contribution >= 4 is 17.6 Å². The largest absolute Gasteiger partial charge is 0.384 e. The number of nitrogens with zero attached hydrogens (tertiary/aromatic N) is 4. The van der Waals surface area contributed by atoms with Crippen molar-refractivity contribution in [3.63, 3.8) is 0 Å². The number of hydrogen-bond donors (Lipinski definition) is 2. The maximum atomic E-state index is 12.8. The molecule has 0 bridgehead atoms. The number of hydrogen-bond acceptors (Lipinski definition) is 5. The van der Waals surface area contributed by atoms with E-state index < -0.39 is 0 Å². The highest BCUT2D eigenvalue weighted by Gasteiger charge is 2.18. The van der Waals surface area contributed by atoms with Crippen LogP contribution in [0.3, 0.4) is 0 Å². The van der Waals surface area contributed by atoms with Gasteiger partial charge in [-0.15, -0.1) is 0 Å². The highest BCUT2D eigenvalue weighted by Crippen LogP contribution is 2.16. The molecule has 0 aliphatic carbocycles. The van der Waals surface area contributed by atoms with Gasteiger partial charge in [-0.25, -0.2) is 4.98 Å². The first-order valence-electron chi connectivity index (χ1n) is 11.3. The summed E-state index contributed by atoms with van der Waals surface area (Å²) < 4.78 is 1.71. The lowest BCUT2D eigenvalue weighted by Gasteiger charge is -2.26. The average molecular weight is 447 g/mol. The van der Waals surface area contributed by atoms with Crippen LogP contribution in [0, 0.1) is 13.8 Å². The molecule has 0 unspecified atom stereocenters. The number of aryl methyl sites for hydroxylation is 2. The summed E-state index contributed by atoms with van der Waals surface area (Å²) in [5.41, 5.74) is 10.7. The Morgan fingerprint density at radius 3 is 2.64 bits per heavy atom. The van der Waals surface area contributed by atoms with E-state index in [9.17, 15) is 9.59 Å². The van der Waals surface area contributed by atoms with E-state index in [4.69, 9.17) is 5.73 Å². The molecule has 2 amide bonds. The van der Waals surface area contributed by atoms with E-state index in [0.29, 0.717) is 30.0 Å². The lowest BCUT2D eigenvalue weighted by molar-refractivity contribution is 0.0724. The van der Waals surface area contributed by atoms with E-state index in [1.807, 2.05) is 43.0 Å². The molecular formula is C25H30N6O2. The average Bonchev–Trinajstić information content (AvgIpc) is 3.27. The zero-order valence-electron chi connectivity index (χ0n) is 19.2. The fraction of sp³-hybridized carbons (Fsp3) is 0.360. The summed E-state index contributed by atoms with van der Waals surface area (Å²) in [5, 5.41) is 7.26. The molecule has 1 aromatic carbocycles. The minimum absolute atomic E-state index is 0.0832. The van der Waals surface area contributed by atoms with Crippen LogP contribution in [0.1, 0.15) is 62.4 Å². The summed E-state index contributed by atoms with van der Waals surface area (Å²) >= 11 is 0. The Kier molecular flexibility index (Phi) is 6.72. The zero-order valence-corrected chi connectivity index (χ0v) is 19.2. The Balaban J connectivity index is 1.38. The van der Waals surface area contributed by atoms with Gasteiger partial charge in [-0.3, -0.25) is 14.3 Å². The molecule has 0 saturated carbocycles. The van der Waals surface area contributed by atoms with Crippen LogP contribution in [0.15, 0.2) is 42.7 Å². The number of aromatic nitrogens is 3. The number of likely N-dealkylation sites (tertiary alicyclic amines) is 1. The molecule has 8 nitrogen and oxygen atoms in total. The van der Waals surface area contributed by atoms with Crippen LogP contribution in [0.5, 0.6) is 0 Å². The number of benzene rings is 1. The topological polar surface area (TPSA) is 106 Å². The fourth-order valence-electron chi connectivity index (χ4n) is 4.26. The van der Waals surface area contributed by atoms with Gasteiger partial charge in [-0.1, -0.05) is 12.1 Å². The number of amides is 2. The van der Waals surface area contributed by atoms with Crippen molar-refractivity contribution in [2.45, 2.75) is 46.2 Å². The number of carbonyl (C=O) groups is 2. The standard InChI is InChI=1S/C25H30N6O2/c1-17-11-23(26)29-18(2)22(17)14-27-24(32)21-13-28-31(16-21)15-19-7-6-8-20(12-19)25(33)30-9-4-3-5-10-30/h6-8,11-13,16H,3-5,9-10,14-15H2,1-2H3,(H2,26,29)(H,27,32). The van der Waals surface area contributed by atoms with Crippen LogP contribution >= 0.6 is 0 Å². The molecule has 4 rings (SSSR count). The Bertz CT molecular complexity index is 1140. The normalized spacial score (nSPS) is 13.7. The van der Waals surface area contributed by atoms with Gasteiger partial charge in [0.2, 0.25) is 0 Å². The van der Waals surface area contributed by atoms with Gasteiger partial charge in [0.05, 0.1) is 18.3 Å². The Morgan fingerprint density at radius 1 is 1.09 bits per heavy atom. The van der Waals surface area contributed by atoms with Gasteiger partial charge in [0.15, 0.2) is 0 Å². The molecule has 2 aromatic heterocycles. The van der Waals surface area contributed by atoms with Crippen molar-refractivity contribution in [3.8, 4) is 0 Å². The van der Waals surface area contributed by atoms with Crippen LogP contribution in [0.2, 0.25) is 0 Å². The molecule has 8 heteroatoms. The maximum Gasteiger partial charge on any atom is 0.254 e. The molecule has 0 spiro atoms. The van der Waals surface area contributed by atoms with Gasteiger partial charge in [0.1, 0.15) is 5.82 Å². The molecule has 0 atom stereocenters. The van der Waals surface area contributed by atoms with Gasteiger partial charge >= 0.3 is 0 Å². The van der Waals surface area contributed by atoms with Crippen molar-refractivity contribution in [2.75, 3.05) is 18.8 Å². The van der Waals surface area contributed by atoms with Crippen LogP contribution in [0.4, 0.5) is 5.82 Å². The van der Waals surface area contributed by atoms with Crippen LogP contribution in [0.25, 0.3) is 0 Å². The monoisotopic (exact) mass is 446 g/mol. The number of nitrogens with two attached hydrogens (primary N) is 1. The number of anilines is 1. The fourth-order valence-corrected chi connectivity index (χ4v) is 4.26. The predicted octanol–water partition coefficient (Wildman–Crippen LogP) is 3.08. The lowest BCUT2D eigenvalue weighted by Crippen LogP contribution is -2.35. The molecule has 3 heterocycles. The van der Waals surface area contributed by atoms with E-state index in [0.717, 1.165) is 48.3 Å². The smallest absolute Gasteiger partial charge is 0.254 e. The second-order valence-corrected chi connectivity index (χ2v) is 8.59. The second-order valence-electron chi connectivity index (χ2n) is 8.59. The molecule has 3 N–H and O–H groups in total. The number of nitrogen functional groups attached to an aromatic ring is 1. The second kappa shape index (κ2) is 9.85. The molecule has 172 valence electrons. The van der Waals surface area contributed by atoms with Crippen LogP contribution < -0.4 is 11.1 Å².